The Morgan fingerprint density at radius 2 is 1.78 bits per heavy atom. The van der Waals surface area contributed by atoms with Crippen molar-refractivity contribution in [2.45, 2.75) is 46.5 Å². The SMILES string of the molecule is CC(=O)CC1CCC(CC(=O)OCC(C)C)C1=O. The highest BCUT2D eigenvalue weighted by Gasteiger charge is 2.36. The number of Topliss-reactive ketones (excluding diaryl/α,β-unsaturated/α-hetero) is 2. The summed E-state index contributed by atoms with van der Waals surface area (Å²) in [6, 6.07) is 0. The van der Waals surface area contributed by atoms with Gasteiger partial charge >= 0.3 is 5.97 Å². The van der Waals surface area contributed by atoms with Gasteiger partial charge in [0.2, 0.25) is 0 Å². The molecule has 0 N–H and O–H groups in total. The minimum Gasteiger partial charge on any atom is -0.465 e. The van der Waals surface area contributed by atoms with Gasteiger partial charge in [0.1, 0.15) is 11.6 Å². The average Bonchev–Trinajstić information content (AvgIpc) is 2.58. The highest BCUT2D eigenvalue weighted by molar-refractivity contribution is 5.92. The Balaban J connectivity index is 2.38. The third-order valence-corrected chi connectivity index (χ3v) is 3.19. The van der Waals surface area contributed by atoms with Gasteiger partial charge in [0.05, 0.1) is 13.0 Å². The van der Waals surface area contributed by atoms with E-state index in [1.165, 1.54) is 6.92 Å². The smallest absolute Gasteiger partial charge is 0.306 e. The van der Waals surface area contributed by atoms with Crippen LogP contribution in [-0.4, -0.2) is 24.1 Å². The molecule has 4 heteroatoms. The fourth-order valence-corrected chi connectivity index (χ4v) is 2.29. The summed E-state index contributed by atoms with van der Waals surface area (Å²) in [7, 11) is 0. The average molecular weight is 254 g/mol. The van der Waals surface area contributed by atoms with Gasteiger partial charge in [-0.1, -0.05) is 13.8 Å². The lowest BCUT2D eigenvalue weighted by Crippen LogP contribution is -2.20. The molecule has 2 atom stereocenters. The molecule has 1 aliphatic rings. The molecule has 18 heavy (non-hydrogen) atoms. The molecule has 1 saturated carbocycles. The second kappa shape index (κ2) is 6.66. The number of hydrogen-bond donors (Lipinski definition) is 0. The number of esters is 1. The van der Waals surface area contributed by atoms with Gasteiger partial charge in [-0.05, 0) is 25.7 Å². The van der Waals surface area contributed by atoms with Gasteiger partial charge in [-0.15, -0.1) is 0 Å². The molecule has 0 bridgehead atoms. The standard InChI is InChI=1S/C14H22O4/c1-9(2)8-18-13(16)7-12-5-4-11(14(12)17)6-10(3)15/h9,11-12H,4-8H2,1-3H3. The number of carbonyl (C=O) groups excluding carboxylic acids is 3. The molecule has 0 saturated heterocycles. The first-order valence-corrected chi connectivity index (χ1v) is 6.59. The minimum absolute atomic E-state index is 0.0383. The van der Waals surface area contributed by atoms with E-state index in [2.05, 4.69) is 0 Å². The summed E-state index contributed by atoms with van der Waals surface area (Å²) >= 11 is 0. The van der Waals surface area contributed by atoms with E-state index in [0.717, 1.165) is 6.42 Å². The summed E-state index contributed by atoms with van der Waals surface area (Å²) in [5, 5.41) is 0. The second-order valence-electron chi connectivity index (χ2n) is 5.56. The zero-order valence-corrected chi connectivity index (χ0v) is 11.4. The van der Waals surface area contributed by atoms with Gasteiger partial charge in [-0.2, -0.15) is 0 Å². The maximum Gasteiger partial charge on any atom is 0.306 e. The number of ether oxygens (including phenoxy) is 1. The van der Waals surface area contributed by atoms with Crippen molar-refractivity contribution >= 4 is 17.5 Å². The molecule has 0 spiro atoms. The second-order valence-corrected chi connectivity index (χ2v) is 5.56. The fourth-order valence-electron chi connectivity index (χ4n) is 2.29. The van der Waals surface area contributed by atoms with Crippen molar-refractivity contribution in [2.24, 2.45) is 17.8 Å². The monoisotopic (exact) mass is 254 g/mol. The third-order valence-electron chi connectivity index (χ3n) is 3.19. The predicted molar refractivity (Wildman–Crippen MR) is 66.9 cm³/mol. The number of ketones is 2. The Morgan fingerprint density at radius 3 is 2.28 bits per heavy atom. The van der Waals surface area contributed by atoms with Gasteiger partial charge in [0.25, 0.3) is 0 Å². The summed E-state index contributed by atoms with van der Waals surface area (Å²) < 4.78 is 5.07. The van der Waals surface area contributed by atoms with Crippen molar-refractivity contribution in [3.05, 3.63) is 0 Å². The quantitative estimate of drug-likeness (QED) is 0.681. The van der Waals surface area contributed by atoms with E-state index in [0.29, 0.717) is 25.4 Å². The van der Waals surface area contributed by atoms with Gasteiger partial charge in [-0.3, -0.25) is 9.59 Å². The molecule has 1 aliphatic carbocycles. The molecule has 0 aliphatic heterocycles. The van der Waals surface area contributed by atoms with E-state index >= 15 is 0 Å². The van der Waals surface area contributed by atoms with Gasteiger partial charge in [0, 0.05) is 18.3 Å². The van der Waals surface area contributed by atoms with Crippen molar-refractivity contribution in [1.29, 1.82) is 0 Å². The molecule has 1 rings (SSSR count). The Hall–Kier alpha value is -1.19. The largest absolute Gasteiger partial charge is 0.465 e. The zero-order valence-electron chi connectivity index (χ0n) is 11.4. The van der Waals surface area contributed by atoms with Crippen LogP contribution in [0.1, 0.15) is 46.5 Å². The van der Waals surface area contributed by atoms with Crippen LogP contribution in [0.5, 0.6) is 0 Å². The Labute approximate surface area is 108 Å². The van der Waals surface area contributed by atoms with E-state index < -0.39 is 0 Å². The van der Waals surface area contributed by atoms with E-state index in [-0.39, 0.29) is 35.8 Å². The molecule has 2 unspecified atom stereocenters. The number of carbonyl (C=O) groups is 3. The summed E-state index contributed by atoms with van der Waals surface area (Å²) in [6.07, 6.45) is 1.91. The fraction of sp³-hybridized carbons (Fsp3) is 0.786. The Morgan fingerprint density at radius 1 is 1.22 bits per heavy atom. The molecule has 102 valence electrons. The van der Waals surface area contributed by atoms with Gasteiger partial charge in [-0.25, -0.2) is 0 Å². The molecular formula is C14H22O4. The molecule has 0 heterocycles. The molecule has 0 aromatic heterocycles. The highest BCUT2D eigenvalue weighted by atomic mass is 16.5. The molecule has 0 aromatic carbocycles. The lowest BCUT2D eigenvalue weighted by atomic mass is 9.96. The van der Waals surface area contributed by atoms with Crippen LogP contribution in [0.2, 0.25) is 0 Å². The van der Waals surface area contributed by atoms with Crippen LogP contribution in [0.15, 0.2) is 0 Å². The molecule has 1 fully saturated rings. The van der Waals surface area contributed by atoms with Crippen LogP contribution >= 0.6 is 0 Å². The topological polar surface area (TPSA) is 60.4 Å². The molecule has 0 aromatic rings. The minimum atomic E-state index is -0.300. The summed E-state index contributed by atoms with van der Waals surface area (Å²) in [6.45, 7) is 5.84. The van der Waals surface area contributed by atoms with Gasteiger partial charge in [0.15, 0.2) is 0 Å². The van der Waals surface area contributed by atoms with Gasteiger partial charge < -0.3 is 9.53 Å². The van der Waals surface area contributed by atoms with Crippen LogP contribution in [0.3, 0.4) is 0 Å². The first-order valence-electron chi connectivity index (χ1n) is 6.59. The number of hydrogen-bond acceptors (Lipinski definition) is 4. The van der Waals surface area contributed by atoms with E-state index in [1.54, 1.807) is 0 Å². The van der Waals surface area contributed by atoms with Crippen LogP contribution in [0, 0.1) is 17.8 Å². The first-order chi connectivity index (χ1) is 8.40. The maximum atomic E-state index is 12.0. The Bertz CT molecular complexity index is 333. The third kappa shape index (κ3) is 4.59. The normalized spacial score (nSPS) is 23.4. The maximum absolute atomic E-state index is 12.0. The van der Waals surface area contributed by atoms with Crippen molar-refractivity contribution in [2.75, 3.05) is 6.61 Å². The summed E-state index contributed by atoms with van der Waals surface area (Å²) in [5.74, 6) is -0.313. The van der Waals surface area contributed by atoms with Crippen LogP contribution in [0.25, 0.3) is 0 Å². The first kappa shape index (κ1) is 14.9. The van der Waals surface area contributed by atoms with Crippen molar-refractivity contribution in [3.63, 3.8) is 0 Å². The number of rotatable bonds is 6. The van der Waals surface area contributed by atoms with Crippen LogP contribution in [0.4, 0.5) is 0 Å². The van der Waals surface area contributed by atoms with Crippen molar-refractivity contribution < 1.29 is 19.1 Å². The van der Waals surface area contributed by atoms with Crippen molar-refractivity contribution in [3.8, 4) is 0 Å². The van der Waals surface area contributed by atoms with E-state index in [9.17, 15) is 14.4 Å². The van der Waals surface area contributed by atoms with E-state index in [4.69, 9.17) is 4.74 Å². The summed E-state index contributed by atoms with van der Waals surface area (Å²) in [5.41, 5.74) is 0. The lowest BCUT2D eigenvalue weighted by molar-refractivity contribution is -0.147. The van der Waals surface area contributed by atoms with Crippen molar-refractivity contribution in [1.82, 2.24) is 0 Å². The van der Waals surface area contributed by atoms with Crippen LogP contribution < -0.4 is 0 Å². The molecule has 0 amide bonds. The molecule has 4 nitrogen and oxygen atoms in total. The predicted octanol–water partition coefficient (Wildman–Crippen LogP) is 2.15. The summed E-state index contributed by atoms with van der Waals surface area (Å²) in [4.78, 5) is 34.5. The Kier molecular flexibility index (Phi) is 5.51. The van der Waals surface area contributed by atoms with E-state index in [1.807, 2.05) is 13.8 Å². The highest BCUT2D eigenvalue weighted by Crippen LogP contribution is 2.32. The van der Waals surface area contributed by atoms with Crippen LogP contribution in [-0.2, 0) is 19.1 Å². The molecular weight excluding hydrogens is 232 g/mol. The zero-order chi connectivity index (χ0) is 13.7. The molecule has 0 radical (unpaired) electrons. The lowest BCUT2D eigenvalue weighted by Gasteiger charge is -2.11.